The van der Waals surface area contributed by atoms with E-state index in [1.54, 1.807) is 7.11 Å². The zero-order valence-corrected chi connectivity index (χ0v) is 12.5. The van der Waals surface area contributed by atoms with Gasteiger partial charge in [-0.25, -0.2) is 0 Å². The lowest BCUT2D eigenvalue weighted by atomic mass is 10.1. The Bertz CT molecular complexity index is 405. The van der Waals surface area contributed by atoms with Gasteiger partial charge in [0.2, 0.25) is 0 Å². The number of hydrogen-bond acceptors (Lipinski definition) is 4. The summed E-state index contributed by atoms with van der Waals surface area (Å²) in [5.41, 5.74) is 0.894. The van der Waals surface area contributed by atoms with Crippen molar-refractivity contribution >= 4 is 0 Å². The third kappa shape index (κ3) is 4.47. The molecule has 0 aliphatic carbocycles. The molecular weight excluding hydrogens is 252 g/mol. The van der Waals surface area contributed by atoms with E-state index in [4.69, 9.17) is 4.74 Å². The van der Waals surface area contributed by atoms with Gasteiger partial charge in [0.25, 0.3) is 0 Å². The predicted octanol–water partition coefficient (Wildman–Crippen LogP) is 1.80. The van der Waals surface area contributed by atoms with Crippen LogP contribution in [0.25, 0.3) is 0 Å². The maximum absolute atomic E-state index is 10.2. The van der Waals surface area contributed by atoms with Crippen LogP contribution in [0.4, 0.5) is 0 Å². The maximum Gasteiger partial charge on any atom is 0.119 e. The minimum atomic E-state index is -0.494. The van der Waals surface area contributed by atoms with Crippen LogP contribution in [0.5, 0.6) is 5.75 Å². The molecule has 0 amide bonds. The Balaban J connectivity index is 1.77. The predicted molar refractivity (Wildman–Crippen MR) is 81.1 cm³/mol. The summed E-state index contributed by atoms with van der Waals surface area (Å²) < 4.78 is 5.18. The maximum atomic E-state index is 10.2. The number of likely N-dealkylation sites (tertiary alicyclic amines) is 1. The van der Waals surface area contributed by atoms with E-state index in [0.717, 1.165) is 17.9 Å². The van der Waals surface area contributed by atoms with Gasteiger partial charge in [0.05, 0.1) is 13.2 Å². The fourth-order valence-corrected chi connectivity index (χ4v) is 2.70. The van der Waals surface area contributed by atoms with Crippen molar-refractivity contribution in [2.24, 2.45) is 0 Å². The van der Waals surface area contributed by atoms with Crippen LogP contribution in [0.15, 0.2) is 24.3 Å². The molecule has 0 aromatic heterocycles. The first kappa shape index (κ1) is 15.3. The number of ether oxygens (including phenoxy) is 1. The lowest BCUT2D eigenvalue weighted by molar-refractivity contribution is 0.166. The highest BCUT2D eigenvalue weighted by atomic mass is 16.5. The molecule has 0 saturated carbocycles. The molecule has 112 valence electrons. The number of rotatable bonds is 7. The van der Waals surface area contributed by atoms with Gasteiger partial charge in [0.15, 0.2) is 0 Å². The van der Waals surface area contributed by atoms with Crippen LogP contribution in [0, 0.1) is 0 Å². The molecule has 0 bridgehead atoms. The summed E-state index contributed by atoms with van der Waals surface area (Å²) in [5.74, 6) is 0.784. The molecule has 1 saturated heterocycles. The zero-order valence-electron chi connectivity index (χ0n) is 12.5. The van der Waals surface area contributed by atoms with Gasteiger partial charge < -0.3 is 20.1 Å². The molecule has 1 heterocycles. The minimum Gasteiger partial charge on any atom is -0.497 e. The Hall–Kier alpha value is -1.10. The molecule has 1 aromatic rings. The van der Waals surface area contributed by atoms with E-state index >= 15 is 0 Å². The largest absolute Gasteiger partial charge is 0.497 e. The van der Waals surface area contributed by atoms with Crippen molar-refractivity contribution in [2.75, 3.05) is 33.3 Å². The van der Waals surface area contributed by atoms with Crippen LogP contribution in [-0.4, -0.2) is 49.3 Å². The molecule has 4 nitrogen and oxygen atoms in total. The van der Waals surface area contributed by atoms with Gasteiger partial charge in [0, 0.05) is 19.1 Å². The van der Waals surface area contributed by atoms with Crippen molar-refractivity contribution in [3.8, 4) is 5.75 Å². The van der Waals surface area contributed by atoms with Crippen molar-refractivity contribution < 1.29 is 9.84 Å². The second-order valence-electron chi connectivity index (χ2n) is 5.61. The molecule has 20 heavy (non-hydrogen) atoms. The Morgan fingerprint density at radius 2 is 2.10 bits per heavy atom. The van der Waals surface area contributed by atoms with Gasteiger partial charge in [-0.1, -0.05) is 12.1 Å². The second kappa shape index (κ2) is 7.62. The summed E-state index contributed by atoms with van der Waals surface area (Å²) in [6.45, 7) is 6.23. The number of aliphatic hydroxyl groups excluding tert-OH is 1. The van der Waals surface area contributed by atoms with Crippen LogP contribution in [0.1, 0.15) is 31.4 Å². The van der Waals surface area contributed by atoms with Crippen molar-refractivity contribution in [1.29, 1.82) is 0 Å². The normalized spacial score (nSPS) is 18.9. The molecule has 1 aromatic carbocycles. The highest BCUT2D eigenvalue weighted by molar-refractivity contribution is 5.29. The Morgan fingerprint density at radius 3 is 2.80 bits per heavy atom. The van der Waals surface area contributed by atoms with E-state index in [2.05, 4.69) is 17.1 Å². The Morgan fingerprint density at radius 1 is 1.35 bits per heavy atom. The monoisotopic (exact) mass is 278 g/mol. The number of aliphatic hydroxyl groups is 1. The van der Waals surface area contributed by atoms with Gasteiger partial charge >= 0.3 is 0 Å². The van der Waals surface area contributed by atoms with Crippen molar-refractivity contribution in [2.45, 2.75) is 31.9 Å². The van der Waals surface area contributed by atoms with Gasteiger partial charge in [-0.15, -0.1) is 0 Å². The molecule has 1 aliphatic rings. The zero-order chi connectivity index (χ0) is 14.4. The SMILES string of the molecule is COc1cccc(C(O)CNC(C)CN2CCCC2)c1. The topological polar surface area (TPSA) is 44.7 Å². The molecule has 2 N–H and O–H groups in total. The standard InChI is InChI=1S/C16H26N2O2/c1-13(12-18-8-3-4-9-18)17-11-16(19)14-6-5-7-15(10-14)20-2/h5-7,10,13,16-17,19H,3-4,8-9,11-12H2,1-2H3. The van der Waals surface area contributed by atoms with Crippen molar-refractivity contribution in [3.05, 3.63) is 29.8 Å². The number of methoxy groups -OCH3 is 1. The highest BCUT2D eigenvalue weighted by Gasteiger charge is 2.15. The molecule has 1 fully saturated rings. The molecule has 2 unspecified atom stereocenters. The van der Waals surface area contributed by atoms with E-state index < -0.39 is 6.10 Å². The summed E-state index contributed by atoms with van der Waals surface area (Å²) in [6, 6.07) is 8.01. The van der Waals surface area contributed by atoms with E-state index in [9.17, 15) is 5.11 Å². The van der Waals surface area contributed by atoms with Gasteiger partial charge in [-0.3, -0.25) is 0 Å². The van der Waals surface area contributed by atoms with Crippen molar-refractivity contribution in [3.63, 3.8) is 0 Å². The third-order valence-electron chi connectivity index (χ3n) is 3.87. The lowest BCUT2D eigenvalue weighted by Crippen LogP contribution is -2.39. The first-order valence-electron chi connectivity index (χ1n) is 7.47. The molecule has 0 radical (unpaired) electrons. The summed E-state index contributed by atoms with van der Waals surface area (Å²) in [4.78, 5) is 2.48. The van der Waals surface area contributed by atoms with Gasteiger partial charge in [0.1, 0.15) is 5.75 Å². The van der Waals surface area contributed by atoms with Crippen molar-refractivity contribution in [1.82, 2.24) is 10.2 Å². The number of nitrogens with one attached hydrogen (secondary N) is 1. The quantitative estimate of drug-likeness (QED) is 0.798. The van der Waals surface area contributed by atoms with Gasteiger partial charge in [-0.2, -0.15) is 0 Å². The van der Waals surface area contributed by atoms with Crippen LogP contribution in [-0.2, 0) is 0 Å². The molecule has 1 aliphatic heterocycles. The lowest BCUT2D eigenvalue weighted by Gasteiger charge is -2.22. The van der Waals surface area contributed by atoms with E-state index in [-0.39, 0.29) is 0 Å². The molecule has 4 heteroatoms. The smallest absolute Gasteiger partial charge is 0.119 e. The van der Waals surface area contributed by atoms with E-state index in [0.29, 0.717) is 12.6 Å². The summed E-state index contributed by atoms with van der Waals surface area (Å²) >= 11 is 0. The van der Waals surface area contributed by atoms with E-state index in [1.807, 2.05) is 24.3 Å². The van der Waals surface area contributed by atoms with Crippen LogP contribution in [0.3, 0.4) is 0 Å². The van der Waals surface area contributed by atoms with Gasteiger partial charge in [-0.05, 0) is 50.6 Å². The van der Waals surface area contributed by atoms with Crippen LogP contribution in [0.2, 0.25) is 0 Å². The fourth-order valence-electron chi connectivity index (χ4n) is 2.70. The Labute approximate surface area is 121 Å². The molecule has 0 spiro atoms. The first-order valence-corrected chi connectivity index (χ1v) is 7.47. The Kier molecular flexibility index (Phi) is 5.83. The average molecular weight is 278 g/mol. The summed E-state index contributed by atoms with van der Waals surface area (Å²) in [7, 11) is 1.64. The summed E-state index contributed by atoms with van der Waals surface area (Å²) in [5, 5.41) is 13.6. The number of benzene rings is 1. The van der Waals surface area contributed by atoms with Crippen LogP contribution >= 0.6 is 0 Å². The summed E-state index contributed by atoms with van der Waals surface area (Å²) in [6.07, 6.45) is 2.14. The molecular formula is C16H26N2O2. The number of nitrogens with zero attached hydrogens (tertiary/aromatic N) is 1. The third-order valence-corrected chi connectivity index (χ3v) is 3.87. The fraction of sp³-hybridized carbons (Fsp3) is 0.625. The molecule has 2 rings (SSSR count). The second-order valence-corrected chi connectivity index (χ2v) is 5.61. The van der Waals surface area contributed by atoms with Crippen LogP contribution < -0.4 is 10.1 Å². The minimum absolute atomic E-state index is 0.397. The number of hydrogen-bond donors (Lipinski definition) is 2. The molecule has 2 atom stereocenters. The van der Waals surface area contributed by atoms with E-state index in [1.165, 1.54) is 25.9 Å². The average Bonchev–Trinajstić information content (AvgIpc) is 2.97. The first-order chi connectivity index (χ1) is 9.69. The highest BCUT2D eigenvalue weighted by Crippen LogP contribution is 2.18.